The quantitative estimate of drug-likeness (QED) is 0.652. The first-order valence-corrected chi connectivity index (χ1v) is 9.90. The van der Waals surface area contributed by atoms with Crippen molar-refractivity contribution >= 4 is 11.8 Å². The number of aryl methyl sites for hydroxylation is 1. The van der Waals surface area contributed by atoms with Crippen molar-refractivity contribution in [2.45, 2.75) is 13.0 Å². The van der Waals surface area contributed by atoms with Gasteiger partial charge in [-0.2, -0.15) is 5.10 Å². The van der Waals surface area contributed by atoms with Gasteiger partial charge in [-0.1, -0.05) is 24.3 Å². The predicted molar refractivity (Wildman–Crippen MR) is 114 cm³/mol. The third kappa shape index (κ3) is 4.45. The Morgan fingerprint density at radius 1 is 1.20 bits per heavy atom. The maximum atomic E-state index is 12.5. The van der Waals surface area contributed by atoms with Crippen molar-refractivity contribution in [2.24, 2.45) is 12.8 Å². The number of nitrogens with two attached hydrogens (primary N) is 1. The molecule has 2 heterocycles. The molecule has 0 saturated carbocycles. The summed E-state index contributed by atoms with van der Waals surface area (Å²) >= 11 is 0. The number of nitrogens with zero attached hydrogens (tertiary/aromatic N) is 3. The van der Waals surface area contributed by atoms with E-state index in [9.17, 15) is 4.79 Å². The summed E-state index contributed by atoms with van der Waals surface area (Å²) in [7, 11) is 1.85. The Morgan fingerprint density at radius 3 is 2.80 bits per heavy atom. The standard InChI is InChI=1S/C22H25N5O3/c1-26-20(8-11-24-26)19-14-18(6-7-21(19)29-13-10-23)25-22(28)30-27-12-9-16-4-2-3-5-17(16)15-27/h2-8,11,14H,9-10,12-13,15,23H2,1H3,(H,25,28). The van der Waals surface area contributed by atoms with Gasteiger partial charge in [-0.3, -0.25) is 10.00 Å². The molecule has 3 aromatic rings. The smallest absolute Gasteiger partial charge is 0.430 e. The minimum atomic E-state index is -0.527. The molecule has 1 amide bonds. The molecule has 3 N–H and O–H groups in total. The lowest BCUT2D eigenvalue weighted by Gasteiger charge is -2.27. The lowest BCUT2D eigenvalue weighted by atomic mass is 10.0. The first-order chi connectivity index (χ1) is 14.6. The minimum Gasteiger partial charge on any atom is -0.492 e. The Kier molecular flexibility index (Phi) is 5.97. The Labute approximate surface area is 175 Å². The van der Waals surface area contributed by atoms with E-state index in [1.54, 1.807) is 22.0 Å². The average Bonchev–Trinajstić information content (AvgIpc) is 3.18. The number of carbonyl (C=O) groups excluding carboxylic acids is 1. The van der Waals surface area contributed by atoms with Crippen molar-refractivity contribution in [3.63, 3.8) is 0 Å². The predicted octanol–water partition coefficient (Wildman–Crippen LogP) is 2.95. The molecule has 30 heavy (non-hydrogen) atoms. The fourth-order valence-corrected chi connectivity index (χ4v) is 3.55. The number of benzene rings is 2. The molecule has 1 aromatic heterocycles. The molecule has 0 aliphatic carbocycles. The summed E-state index contributed by atoms with van der Waals surface area (Å²) in [6.45, 7) is 2.05. The number of fused-ring (bicyclic) bond motifs is 1. The third-order valence-electron chi connectivity index (χ3n) is 5.01. The molecule has 0 saturated heterocycles. The molecular formula is C22H25N5O3. The van der Waals surface area contributed by atoms with Gasteiger partial charge in [0.2, 0.25) is 0 Å². The van der Waals surface area contributed by atoms with Crippen molar-refractivity contribution in [3.8, 4) is 17.0 Å². The van der Waals surface area contributed by atoms with Crippen LogP contribution in [0.1, 0.15) is 11.1 Å². The summed E-state index contributed by atoms with van der Waals surface area (Å²) in [5, 5.41) is 8.70. The number of hydroxylamine groups is 2. The summed E-state index contributed by atoms with van der Waals surface area (Å²) in [6.07, 6.45) is 2.03. The van der Waals surface area contributed by atoms with Gasteiger partial charge in [0.15, 0.2) is 0 Å². The van der Waals surface area contributed by atoms with Crippen LogP contribution in [0.4, 0.5) is 10.5 Å². The molecule has 0 atom stereocenters. The Balaban J connectivity index is 1.46. The van der Waals surface area contributed by atoms with Gasteiger partial charge in [0.1, 0.15) is 12.4 Å². The van der Waals surface area contributed by atoms with Crippen LogP contribution in [-0.2, 0) is 24.9 Å². The molecule has 0 unspecified atom stereocenters. The van der Waals surface area contributed by atoms with Gasteiger partial charge in [0.25, 0.3) is 0 Å². The van der Waals surface area contributed by atoms with Crippen LogP contribution in [0.5, 0.6) is 5.75 Å². The molecule has 0 fully saturated rings. The van der Waals surface area contributed by atoms with E-state index in [2.05, 4.69) is 22.5 Å². The van der Waals surface area contributed by atoms with Crippen LogP contribution >= 0.6 is 0 Å². The van der Waals surface area contributed by atoms with Crippen molar-refractivity contribution in [3.05, 3.63) is 65.9 Å². The number of rotatable bonds is 6. The van der Waals surface area contributed by atoms with E-state index in [-0.39, 0.29) is 0 Å². The van der Waals surface area contributed by atoms with E-state index in [1.807, 2.05) is 37.4 Å². The highest BCUT2D eigenvalue weighted by atomic mass is 16.7. The van der Waals surface area contributed by atoms with Crippen LogP contribution < -0.4 is 15.8 Å². The van der Waals surface area contributed by atoms with E-state index in [0.29, 0.717) is 37.7 Å². The molecular weight excluding hydrogens is 382 g/mol. The second-order valence-electron chi connectivity index (χ2n) is 7.07. The van der Waals surface area contributed by atoms with E-state index in [1.165, 1.54) is 11.1 Å². The first-order valence-electron chi connectivity index (χ1n) is 9.90. The van der Waals surface area contributed by atoms with Crippen molar-refractivity contribution < 1.29 is 14.4 Å². The highest BCUT2D eigenvalue weighted by Crippen LogP contribution is 2.32. The Morgan fingerprint density at radius 2 is 2.03 bits per heavy atom. The molecule has 2 aromatic carbocycles. The van der Waals surface area contributed by atoms with E-state index < -0.39 is 6.09 Å². The second-order valence-corrected chi connectivity index (χ2v) is 7.07. The molecule has 156 valence electrons. The zero-order valence-electron chi connectivity index (χ0n) is 16.9. The number of anilines is 1. The van der Waals surface area contributed by atoms with Gasteiger partial charge in [-0.05, 0) is 41.8 Å². The van der Waals surface area contributed by atoms with Gasteiger partial charge in [-0.15, -0.1) is 5.06 Å². The van der Waals surface area contributed by atoms with Gasteiger partial charge in [0.05, 0.1) is 12.2 Å². The number of aromatic nitrogens is 2. The zero-order valence-corrected chi connectivity index (χ0v) is 16.9. The SMILES string of the molecule is Cn1nccc1-c1cc(NC(=O)ON2CCc3ccccc3C2)ccc1OCCN. The summed E-state index contributed by atoms with van der Waals surface area (Å²) in [4.78, 5) is 18.0. The Hall–Kier alpha value is -3.36. The molecule has 0 bridgehead atoms. The largest absolute Gasteiger partial charge is 0.492 e. The maximum Gasteiger partial charge on any atom is 0.430 e. The van der Waals surface area contributed by atoms with Crippen LogP contribution in [0.15, 0.2) is 54.7 Å². The average molecular weight is 407 g/mol. The van der Waals surface area contributed by atoms with Crippen LogP contribution in [0.3, 0.4) is 0 Å². The number of nitrogens with one attached hydrogen (secondary N) is 1. The van der Waals surface area contributed by atoms with Crippen LogP contribution in [-0.4, -0.2) is 40.6 Å². The van der Waals surface area contributed by atoms with Gasteiger partial charge in [-0.25, -0.2) is 4.79 Å². The molecule has 1 aliphatic heterocycles. The third-order valence-corrected chi connectivity index (χ3v) is 5.01. The Bertz CT molecular complexity index is 1030. The molecule has 0 spiro atoms. The van der Waals surface area contributed by atoms with E-state index >= 15 is 0 Å². The molecule has 8 heteroatoms. The molecule has 4 rings (SSSR count). The van der Waals surface area contributed by atoms with Gasteiger partial charge in [0, 0.05) is 37.6 Å². The number of carbonyl (C=O) groups is 1. The number of amides is 1. The number of hydrogen-bond acceptors (Lipinski definition) is 6. The first kappa shape index (κ1) is 19.9. The van der Waals surface area contributed by atoms with E-state index in [0.717, 1.165) is 17.7 Å². The minimum absolute atomic E-state index is 0.399. The van der Waals surface area contributed by atoms with Gasteiger partial charge >= 0.3 is 6.09 Å². The number of ether oxygens (including phenoxy) is 1. The van der Waals surface area contributed by atoms with Crippen LogP contribution in [0, 0.1) is 0 Å². The number of hydrogen-bond donors (Lipinski definition) is 2. The lowest BCUT2D eigenvalue weighted by Crippen LogP contribution is -2.34. The summed E-state index contributed by atoms with van der Waals surface area (Å²) in [5.74, 6) is 0.676. The molecule has 8 nitrogen and oxygen atoms in total. The second kappa shape index (κ2) is 8.98. The van der Waals surface area contributed by atoms with Crippen LogP contribution in [0.2, 0.25) is 0 Å². The van der Waals surface area contributed by atoms with Crippen molar-refractivity contribution in [1.29, 1.82) is 0 Å². The summed E-state index contributed by atoms with van der Waals surface area (Å²) in [5.41, 5.74) is 10.3. The summed E-state index contributed by atoms with van der Waals surface area (Å²) in [6, 6.07) is 15.5. The van der Waals surface area contributed by atoms with Crippen LogP contribution in [0.25, 0.3) is 11.3 Å². The van der Waals surface area contributed by atoms with Gasteiger partial charge < -0.3 is 15.3 Å². The fraction of sp³-hybridized carbons (Fsp3) is 0.273. The molecule has 0 radical (unpaired) electrons. The summed E-state index contributed by atoms with van der Waals surface area (Å²) < 4.78 is 7.51. The zero-order chi connectivity index (χ0) is 20.9. The highest BCUT2D eigenvalue weighted by molar-refractivity contribution is 5.86. The van der Waals surface area contributed by atoms with Crippen molar-refractivity contribution in [2.75, 3.05) is 25.0 Å². The molecule has 1 aliphatic rings. The fourth-order valence-electron chi connectivity index (χ4n) is 3.55. The normalized spacial score (nSPS) is 13.5. The topological polar surface area (TPSA) is 94.6 Å². The monoisotopic (exact) mass is 407 g/mol. The lowest BCUT2D eigenvalue weighted by molar-refractivity contribution is -0.105. The van der Waals surface area contributed by atoms with Crippen molar-refractivity contribution in [1.82, 2.24) is 14.8 Å². The maximum absolute atomic E-state index is 12.5. The van der Waals surface area contributed by atoms with E-state index in [4.69, 9.17) is 15.3 Å². The highest BCUT2D eigenvalue weighted by Gasteiger charge is 2.20.